The second-order valence-corrected chi connectivity index (χ2v) is 3.41. The Labute approximate surface area is 84.6 Å². The lowest BCUT2D eigenvalue weighted by molar-refractivity contribution is -0.107. The van der Waals surface area contributed by atoms with Gasteiger partial charge in [0.25, 0.3) is 0 Å². The molecule has 0 saturated heterocycles. The molecule has 1 aromatic rings. The van der Waals surface area contributed by atoms with Gasteiger partial charge in [-0.15, -0.1) is 0 Å². The van der Waals surface area contributed by atoms with Gasteiger partial charge in [0.05, 0.1) is 0 Å². The first-order valence-corrected chi connectivity index (χ1v) is 4.85. The quantitative estimate of drug-likeness (QED) is 0.573. The van der Waals surface area contributed by atoms with Gasteiger partial charge in [0.1, 0.15) is 12.1 Å². The topological polar surface area (TPSA) is 42.0 Å². The van der Waals surface area contributed by atoms with Crippen LogP contribution in [0.3, 0.4) is 0 Å². The molecule has 0 atom stereocenters. The normalized spacial score (nSPS) is 9.86. The van der Waals surface area contributed by atoms with E-state index in [1.54, 1.807) is 0 Å². The van der Waals surface area contributed by atoms with Gasteiger partial charge in [0.2, 0.25) is 0 Å². The lowest BCUT2D eigenvalue weighted by Crippen LogP contribution is -2.05. The predicted octanol–water partition coefficient (Wildman–Crippen LogP) is 2.09. The summed E-state index contributed by atoms with van der Waals surface area (Å²) in [6.07, 6.45) is 4.25. The summed E-state index contributed by atoms with van der Waals surface area (Å²) in [4.78, 5) is 14.4. The highest BCUT2D eigenvalue weighted by Crippen LogP contribution is 2.11. The Hall–Kier alpha value is -1.38. The van der Waals surface area contributed by atoms with Crippen molar-refractivity contribution in [1.82, 2.24) is 4.98 Å². The zero-order chi connectivity index (χ0) is 10.4. The molecule has 1 rings (SSSR count). The number of nitrogens with one attached hydrogen (secondary N) is 1. The van der Waals surface area contributed by atoms with Crippen LogP contribution in [0.25, 0.3) is 0 Å². The zero-order valence-corrected chi connectivity index (χ0v) is 8.71. The number of aldehydes is 1. The van der Waals surface area contributed by atoms with Gasteiger partial charge in [-0.2, -0.15) is 0 Å². The summed E-state index contributed by atoms with van der Waals surface area (Å²) >= 11 is 0. The second kappa shape index (κ2) is 5.37. The molecule has 1 N–H and O–H groups in total. The molecule has 0 unspecified atom stereocenters. The molecule has 3 nitrogen and oxygen atoms in total. The minimum absolute atomic E-state index is 0.609. The first-order valence-electron chi connectivity index (χ1n) is 4.85. The predicted molar refractivity (Wildman–Crippen MR) is 57.5 cm³/mol. The van der Waals surface area contributed by atoms with E-state index in [1.165, 1.54) is 5.56 Å². The van der Waals surface area contributed by atoms with Gasteiger partial charge in [-0.05, 0) is 31.4 Å². The molecule has 0 amide bonds. The maximum absolute atomic E-state index is 10.1. The van der Waals surface area contributed by atoms with E-state index >= 15 is 0 Å². The number of hydrogen-bond acceptors (Lipinski definition) is 3. The third-order valence-electron chi connectivity index (χ3n) is 2.01. The lowest BCUT2D eigenvalue weighted by Gasteiger charge is -2.07. The van der Waals surface area contributed by atoms with Crippen molar-refractivity contribution < 1.29 is 4.79 Å². The van der Waals surface area contributed by atoms with Crippen molar-refractivity contribution in [3.8, 4) is 0 Å². The summed E-state index contributed by atoms with van der Waals surface area (Å²) < 4.78 is 0. The Morgan fingerprint density at radius 1 is 1.50 bits per heavy atom. The highest BCUT2D eigenvalue weighted by atomic mass is 16.1. The number of pyridine rings is 1. The maximum atomic E-state index is 10.1. The maximum Gasteiger partial charge on any atom is 0.128 e. The molecule has 1 aromatic heterocycles. The molecule has 1 heterocycles. The average Bonchev–Trinajstić information content (AvgIpc) is 2.15. The molecule has 0 aliphatic heterocycles. The summed E-state index contributed by atoms with van der Waals surface area (Å²) in [5.74, 6) is 0.918. The number of carbonyl (C=O) groups is 1. The Balaban J connectivity index is 2.46. The molecule has 14 heavy (non-hydrogen) atoms. The summed E-state index contributed by atoms with van der Waals surface area (Å²) in [6, 6.07) is 2.09. The molecule has 3 heteroatoms. The van der Waals surface area contributed by atoms with Crippen molar-refractivity contribution in [3.63, 3.8) is 0 Å². The largest absolute Gasteiger partial charge is 0.370 e. The number of hydrogen-bond donors (Lipinski definition) is 1. The molecule has 0 radical (unpaired) electrons. The number of carbonyl (C=O) groups excluding carboxylic acids is 1. The molecule has 76 valence electrons. The standard InChI is InChI=1S/C11H16N2O/c1-9-7-10(2)11(13-8-9)12-5-3-4-6-14/h6-8H,3-5H2,1-2H3,(H,12,13). The van der Waals surface area contributed by atoms with E-state index in [1.807, 2.05) is 20.0 Å². The monoisotopic (exact) mass is 192 g/mol. The van der Waals surface area contributed by atoms with E-state index in [0.717, 1.165) is 30.6 Å². The highest BCUT2D eigenvalue weighted by molar-refractivity contribution is 5.49. The van der Waals surface area contributed by atoms with Gasteiger partial charge in [0, 0.05) is 19.2 Å². The van der Waals surface area contributed by atoms with Crippen molar-refractivity contribution in [2.24, 2.45) is 0 Å². The Morgan fingerprint density at radius 3 is 2.93 bits per heavy atom. The Kier molecular flexibility index (Phi) is 4.11. The zero-order valence-electron chi connectivity index (χ0n) is 8.71. The SMILES string of the molecule is Cc1cnc(NCCCC=O)c(C)c1. The van der Waals surface area contributed by atoms with Crippen LogP contribution in [0.5, 0.6) is 0 Å². The van der Waals surface area contributed by atoms with Gasteiger partial charge in [-0.25, -0.2) is 4.98 Å². The minimum Gasteiger partial charge on any atom is -0.370 e. The minimum atomic E-state index is 0.609. The molecular formula is C11H16N2O. The number of aromatic nitrogens is 1. The molecule has 0 aliphatic rings. The summed E-state index contributed by atoms with van der Waals surface area (Å²) in [5, 5.41) is 3.20. The Bertz CT molecular complexity index is 310. The van der Waals surface area contributed by atoms with Crippen molar-refractivity contribution in [2.75, 3.05) is 11.9 Å². The molecule has 0 saturated carbocycles. The van der Waals surface area contributed by atoms with Crippen LogP contribution in [-0.4, -0.2) is 17.8 Å². The summed E-state index contributed by atoms with van der Waals surface area (Å²) in [5.41, 5.74) is 2.32. The fraction of sp³-hybridized carbons (Fsp3) is 0.455. The van der Waals surface area contributed by atoms with Crippen LogP contribution < -0.4 is 5.32 Å². The van der Waals surface area contributed by atoms with E-state index in [-0.39, 0.29) is 0 Å². The van der Waals surface area contributed by atoms with Crippen LogP contribution >= 0.6 is 0 Å². The van der Waals surface area contributed by atoms with Crippen LogP contribution in [-0.2, 0) is 4.79 Å². The van der Waals surface area contributed by atoms with Crippen LogP contribution in [0.15, 0.2) is 12.3 Å². The molecule has 0 bridgehead atoms. The van der Waals surface area contributed by atoms with Crippen molar-refractivity contribution in [3.05, 3.63) is 23.4 Å². The smallest absolute Gasteiger partial charge is 0.128 e. The fourth-order valence-corrected chi connectivity index (χ4v) is 1.29. The van der Waals surface area contributed by atoms with Crippen molar-refractivity contribution in [2.45, 2.75) is 26.7 Å². The highest BCUT2D eigenvalue weighted by Gasteiger charge is 1.98. The molecule has 0 aliphatic carbocycles. The number of aryl methyl sites for hydroxylation is 2. The summed E-state index contributed by atoms with van der Waals surface area (Å²) in [6.45, 7) is 4.86. The van der Waals surface area contributed by atoms with E-state index < -0.39 is 0 Å². The summed E-state index contributed by atoms with van der Waals surface area (Å²) in [7, 11) is 0. The van der Waals surface area contributed by atoms with Crippen molar-refractivity contribution >= 4 is 12.1 Å². The van der Waals surface area contributed by atoms with Crippen LogP contribution in [0.2, 0.25) is 0 Å². The Morgan fingerprint density at radius 2 is 2.29 bits per heavy atom. The van der Waals surface area contributed by atoms with E-state index in [2.05, 4.69) is 16.4 Å². The molecule has 0 spiro atoms. The molecular weight excluding hydrogens is 176 g/mol. The van der Waals surface area contributed by atoms with Gasteiger partial charge >= 0.3 is 0 Å². The number of nitrogens with zero attached hydrogens (tertiary/aromatic N) is 1. The fourth-order valence-electron chi connectivity index (χ4n) is 1.29. The van der Waals surface area contributed by atoms with Gasteiger partial charge in [-0.3, -0.25) is 0 Å². The lowest BCUT2D eigenvalue weighted by atomic mass is 10.2. The molecule has 0 aromatic carbocycles. The average molecular weight is 192 g/mol. The number of unbranched alkanes of at least 4 members (excludes halogenated alkanes) is 1. The third-order valence-corrected chi connectivity index (χ3v) is 2.01. The first kappa shape index (κ1) is 10.7. The van der Waals surface area contributed by atoms with Gasteiger partial charge < -0.3 is 10.1 Å². The van der Waals surface area contributed by atoms with Crippen LogP contribution in [0, 0.1) is 13.8 Å². The van der Waals surface area contributed by atoms with Crippen LogP contribution in [0.1, 0.15) is 24.0 Å². The first-order chi connectivity index (χ1) is 6.74. The van der Waals surface area contributed by atoms with Crippen molar-refractivity contribution in [1.29, 1.82) is 0 Å². The van der Waals surface area contributed by atoms with Crippen LogP contribution in [0.4, 0.5) is 5.82 Å². The van der Waals surface area contributed by atoms with E-state index in [0.29, 0.717) is 6.42 Å². The number of rotatable bonds is 5. The third kappa shape index (κ3) is 3.17. The van der Waals surface area contributed by atoms with Gasteiger partial charge in [-0.1, -0.05) is 6.07 Å². The van der Waals surface area contributed by atoms with Gasteiger partial charge in [0.15, 0.2) is 0 Å². The second-order valence-electron chi connectivity index (χ2n) is 3.41. The van der Waals surface area contributed by atoms with E-state index in [9.17, 15) is 4.79 Å². The number of anilines is 1. The van der Waals surface area contributed by atoms with E-state index in [4.69, 9.17) is 0 Å². The molecule has 0 fully saturated rings.